The molecule has 1 aromatic carbocycles. The van der Waals surface area contributed by atoms with E-state index in [0.29, 0.717) is 5.56 Å². The smallest absolute Gasteiger partial charge is 0.132 e. The Hall–Kier alpha value is -1.93. The zero-order valence-corrected chi connectivity index (χ0v) is 12.5. The first-order valence-electron chi connectivity index (χ1n) is 6.43. The minimum atomic E-state index is -0.179. The summed E-state index contributed by atoms with van der Waals surface area (Å²) in [7, 11) is 0. The van der Waals surface area contributed by atoms with E-state index >= 15 is 0 Å². The largest absolute Gasteiger partial charge is 0.206 e. The van der Waals surface area contributed by atoms with Crippen LogP contribution < -0.4 is 0 Å². The van der Waals surface area contributed by atoms with Crippen molar-refractivity contribution in [3.63, 3.8) is 0 Å². The third-order valence-corrected chi connectivity index (χ3v) is 4.03. The minimum Gasteiger partial charge on any atom is -0.206 e. The second-order valence-corrected chi connectivity index (χ2v) is 5.58. The molecule has 0 N–H and O–H groups in total. The minimum absolute atomic E-state index is 0.179. The molecule has 0 aliphatic heterocycles. The van der Waals surface area contributed by atoms with Gasteiger partial charge in [-0.15, -0.1) is 11.3 Å². The van der Waals surface area contributed by atoms with Gasteiger partial charge in [0.2, 0.25) is 0 Å². The fraction of sp³-hybridized carbons (Fsp3) is 0.111. The molecule has 0 saturated heterocycles. The summed E-state index contributed by atoms with van der Waals surface area (Å²) in [6, 6.07) is 9.26. The first-order valence-corrected chi connectivity index (χ1v) is 7.31. The van der Waals surface area contributed by atoms with E-state index in [1.807, 2.05) is 55.6 Å². The van der Waals surface area contributed by atoms with Crippen LogP contribution in [0.2, 0.25) is 0 Å². The molecule has 0 atom stereocenters. The molecule has 0 unspecified atom stereocenters. The van der Waals surface area contributed by atoms with E-state index in [1.54, 1.807) is 23.5 Å². The van der Waals surface area contributed by atoms with Crippen molar-refractivity contribution in [2.45, 2.75) is 13.8 Å². The molecule has 0 amide bonds. The van der Waals surface area contributed by atoms with Crippen molar-refractivity contribution in [3.8, 4) is 10.4 Å². The Balaban J connectivity index is 2.32. The van der Waals surface area contributed by atoms with Crippen LogP contribution in [-0.4, -0.2) is 0 Å². The van der Waals surface area contributed by atoms with Gasteiger partial charge in [0.25, 0.3) is 0 Å². The summed E-state index contributed by atoms with van der Waals surface area (Å²) in [5.41, 5.74) is 3.67. The van der Waals surface area contributed by atoms with Crippen molar-refractivity contribution in [2.75, 3.05) is 0 Å². The van der Waals surface area contributed by atoms with Crippen molar-refractivity contribution in [1.82, 2.24) is 0 Å². The van der Waals surface area contributed by atoms with Gasteiger partial charge in [-0.25, -0.2) is 4.39 Å². The quantitative estimate of drug-likeness (QED) is 0.596. The highest BCUT2D eigenvalue weighted by molar-refractivity contribution is 7.13. The normalized spacial score (nSPS) is 12.6. The number of allylic oxidation sites excluding steroid dienone is 5. The molecule has 1 heterocycles. The first-order chi connectivity index (χ1) is 9.61. The van der Waals surface area contributed by atoms with Crippen LogP contribution in [0.3, 0.4) is 0 Å². The molecule has 0 aliphatic rings. The number of halogens is 1. The van der Waals surface area contributed by atoms with E-state index in [4.69, 9.17) is 0 Å². The maximum Gasteiger partial charge on any atom is 0.132 e. The Morgan fingerprint density at radius 2 is 2.00 bits per heavy atom. The Morgan fingerprint density at radius 3 is 2.60 bits per heavy atom. The molecule has 0 fully saturated rings. The Morgan fingerprint density at radius 1 is 1.20 bits per heavy atom. The van der Waals surface area contributed by atoms with Crippen LogP contribution in [0.25, 0.3) is 16.0 Å². The molecule has 2 heteroatoms. The van der Waals surface area contributed by atoms with Gasteiger partial charge in [0.1, 0.15) is 5.82 Å². The van der Waals surface area contributed by atoms with Gasteiger partial charge < -0.3 is 0 Å². The predicted octanol–water partition coefficient (Wildman–Crippen LogP) is 6.09. The summed E-state index contributed by atoms with van der Waals surface area (Å²) in [5, 5.41) is 1.96. The lowest BCUT2D eigenvalue weighted by Crippen LogP contribution is -1.86. The third-order valence-electron chi connectivity index (χ3n) is 3.13. The molecule has 0 aliphatic carbocycles. The summed E-state index contributed by atoms with van der Waals surface area (Å²) >= 11 is 1.55. The zero-order chi connectivity index (χ0) is 14.5. The third kappa shape index (κ3) is 3.34. The summed E-state index contributed by atoms with van der Waals surface area (Å²) < 4.78 is 14.2. The predicted molar refractivity (Wildman–Crippen MR) is 87.3 cm³/mol. The highest BCUT2D eigenvalue weighted by Crippen LogP contribution is 2.29. The number of benzene rings is 1. The van der Waals surface area contributed by atoms with E-state index in [-0.39, 0.29) is 5.82 Å². The van der Waals surface area contributed by atoms with Gasteiger partial charge in [-0.1, -0.05) is 48.6 Å². The van der Waals surface area contributed by atoms with Crippen LogP contribution in [0.5, 0.6) is 0 Å². The monoisotopic (exact) mass is 284 g/mol. The molecule has 2 aromatic rings. The van der Waals surface area contributed by atoms with Gasteiger partial charge in [0.15, 0.2) is 0 Å². The Labute approximate surface area is 123 Å². The summed E-state index contributed by atoms with van der Waals surface area (Å²) in [6.07, 6.45) is 5.76. The number of hydrogen-bond acceptors (Lipinski definition) is 1. The van der Waals surface area contributed by atoms with Crippen LogP contribution in [0.15, 0.2) is 66.1 Å². The van der Waals surface area contributed by atoms with Gasteiger partial charge in [-0.2, -0.15) is 0 Å². The summed E-state index contributed by atoms with van der Waals surface area (Å²) in [4.78, 5) is 0.957. The van der Waals surface area contributed by atoms with E-state index in [9.17, 15) is 4.39 Å². The van der Waals surface area contributed by atoms with Crippen molar-refractivity contribution in [3.05, 3.63) is 77.5 Å². The maximum absolute atomic E-state index is 14.2. The second kappa shape index (κ2) is 6.49. The van der Waals surface area contributed by atoms with Crippen molar-refractivity contribution >= 4 is 16.9 Å². The van der Waals surface area contributed by atoms with Crippen LogP contribution in [0.1, 0.15) is 19.4 Å². The Kier molecular flexibility index (Phi) is 4.70. The van der Waals surface area contributed by atoms with Crippen molar-refractivity contribution in [2.24, 2.45) is 0 Å². The van der Waals surface area contributed by atoms with Crippen molar-refractivity contribution in [1.29, 1.82) is 0 Å². The van der Waals surface area contributed by atoms with E-state index in [0.717, 1.165) is 21.6 Å². The van der Waals surface area contributed by atoms with Crippen molar-refractivity contribution < 1.29 is 4.39 Å². The first kappa shape index (κ1) is 14.5. The molecule has 0 radical (unpaired) electrons. The number of hydrogen-bond donors (Lipinski definition) is 0. The van der Waals surface area contributed by atoms with Gasteiger partial charge in [-0.05, 0) is 42.5 Å². The average molecular weight is 284 g/mol. The van der Waals surface area contributed by atoms with Crippen LogP contribution in [-0.2, 0) is 0 Å². The SMILES string of the molecule is C=C/C(C)=C\C=C(/C)c1ccc(-c2cccs2)c(F)c1. The van der Waals surface area contributed by atoms with Gasteiger partial charge >= 0.3 is 0 Å². The molecule has 0 spiro atoms. The summed E-state index contributed by atoms with van der Waals surface area (Å²) in [6.45, 7) is 7.67. The van der Waals surface area contributed by atoms with Crippen LogP contribution >= 0.6 is 11.3 Å². The fourth-order valence-corrected chi connectivity index (χ4v) is 2.57. The second-order valence-electron chi connectivity index (χ2n) is 4.64. The molecule has 102 valence electrons. The van der Waals surface area contributed by atoms with E-state index < -0.39 is 0 Å². The lowest BCUT2D eigenvalue weighted by molar-refractivity contribution is 0.631. The summed E-state index contributed by atoms with van der Waals surface area (Å²) in [5.74, 6) is -0.179. The molecular weight excluding hydrogens is 267 g/mol. The van der Waals surface area contributed by atoms with E-state index in [1.165, 1.54) is 0 Å². The zero-order valence-electron chi connectivity index (χ0n) is 11.7. The molecule has 0 bridgehead atoms. The molecular formula is C18H17FS. The average Bonchev–Trinajstić information content (AvgIpc) is 2.98. The molecule has 1 aromatic heterocycles. The number of rotatable bonds is 4. The van der Waals surface area contributed by atoms with Crippen LogP contribution in [0, 0.1) is 5.82 Å². The standard InChI is InChI=1S/C18H17FS/c1-4-13(2)7-8-14(3)15-9-10-16(17(19)12-15)18-6-5-11-20-18/h4-12H,1H2,2-3H3/b13-7-,14-8+. The van der Waals surface area contributed by atoms with E-state index in [2.05, 4.69) is 6.58 Å². The lowest BCUT2D eigenvalue weighted by atomic mass is 10.0. The fourth-order valence-electron chi connectivity index (χ4n) is 1.81. The molecule has 0 saturated carbocycles. The van der Waals surface area contributed by atoms with Gasteiger partial charge in [0, 0.05) is 10.4 Å². The number of thiophene rings is 1. The molecule has 0 nitrogen and oxygen atoms in total. The molecule has 2 rings (SSSR count). The Bertz CT molecular complexity index is 661. The molecule has 20 heavy (non-hydrogen) atoms. The topological polar surface area (TPSA) is 0 Å². The highest BCUT2D eigenvalue weighted by atomic mass is 32.1. The lowest BCUT2D eigenvalue weighted by Gasteiger charge is -2.05. The van der Waals surface area contributed by atoms with Gasteiger partial charge in [-0.3, -0.25) is 0 Å². The highest BCUT2D eigenvalue weighted by Gasteiger charge is 2.07. The maximum atomic E-state index is 14.2. The van der Waals surface area contributed by atoms with Crippen LogP contribution in [0.4, 0.5) is 4.39 Å². The van der Waals surface area contributed by atoms with Gasteiger partial charge in [0.05, 0.1) is 0 Å².